The Labute approximate surface area is 159 Å². The first kappa shape index (κ1) is 21.5. The second kappa shape index (κ2) is 8.74. The van der Waals surface area contributed by atoms with E-state index in [1.54, 1.807) is 0 Å². The molecule has 2 N–H and O–H groups in total. The van der Waals surface area contributed by atoms with Crippen LogP contribution in [0.4, 0.5) is 4.39 Å². The lowest BCUT2D eigenvalue weighted by molar-refractivity contribution is 0.0921. The van der Waals surface area contributed by atoms with Crippen LogP contribution in [0.25, 0.3) is 11.0 Å². The van der Waals surface area contributed by atoms with Gasteiger partial charge in [-0.1, -0.05) is 0 Å². The Kier molecular flexibility index (Phi) is 7.53. The normalized spacial score (nSPS) is 19.7. The third kappa shape index (κ3) is 4.57. The summed E-state index contributed by atoms with van der Waals surface area (Å²) in [5.41, 5.74) is 2.58. The van der Waals surface area contributed by atoms with Gasteiger partial charge in [-0.05, 0) is 46.2 Å². The summed E-state index contributed by atoms with van der Waals surface area (Å²) in [4.78, 5) is 21.4. The smallest absolute Gasteiger partial charge is 0.253 e. The van der Waals surface area contributed by atoms with Crippen molar-refractivity contribution in [3.63, 3.8) is 0 Å². The second-order valence-electron chi connectivity index (χ2n) is 6.18. The molecule has 0 saturated carbocycles. The topological polar surface area (TPSA) is 66.9 Å². The molecule has 138 valence electrons. The predicted molar refractivity (Wildman–Crippen MR) is 101 cm³/mol. The van der Waals surface area contributed by atoms with Crippen molar-refractivity contribution >= 4 is 41.8 Å². The summed E-state index contributed by atoms with van der Waals surface area (Å²) in [5.74, 6) is -0.775. The maximum atomic E-state index is 13.9. The van der Waals surface area contributed by atoms with Crippen LogP contribution in [-0.2, 0) is 0 Å². The van der Waals surface area contributed by atoms with E-state index in [0.29, 0.717) is 11.0 Å². The van der Waals surface area contributed by atoms with Crippen molar-refractivity contribution in [2.24, 2.45) is 0 Å². The van der Waals surface area contributed by atoms with Crippen LogP contribution in [0.15, 0.2) is 12.1 Å². The average molecular weight is 389 g/mol. The molecular weight excluding hydrogens is 366 g/mol. The van der Waals surface area contributed by atoms with Gasteiger partial charge in [0.1, 0.15) is 11.3 Å². The van der Waals surface area contributed by atoms with Crippen LogP contribution in [-0.4, -0.2) is 34.5 Å². The Balaban J connectivity index is 0.00000156. The van der Waals surface area contributed by atoms with Crippen molar-refractivity contribution in [2.45, 2.75) is 45.7 Å². The van der Waals surface area contributed by atoms with E-state index in [1.807, 2.05) is 20.8 Å². The van der Waals surface area contributed by atoms with Gasteiger partial charge in [-0.15, -0.1) is 24.8 Å². The number of aryl methyl sites for hydroxylation is 2. The molecule has 2 aromatic rings. The van der Waals surface area contributed by atoms with E-state index in [4.69, 9.17) is 0 Å². The van der Waals surface area contributed by atoms with Crippen LogP contribution in [0, 0.1) is 19.7 Å². The molecular formula is C17H23Cl2FN4O. The number of nitrogens with one attached hydrogen (secondary N) is 2. The van der Waals surface area contributed by atoms with Crippen molar-refractivity contribution in [3.05, 3.63) is 34.9 Å². The standard InChI is InChI=1S/C17H21FN4O.2ClH/c1-9-10(2)21-16-13(7-12(18)8-15(16)20-9)17(23)22-14-5-4-6-19-11(14)3;;/h7-8,11,14,19H,4-6H2,1-3H3,(H,22,23);2*1H. The lowest BCUT2D eigenvalue weighted by Crippen LogP contribution is -2.51. The predicted octanol–water partition coefficient (Wildman–Crippen LogP) is 3.10. The molecule has 0 radical (unpaired) electrons. The average Bonchev–Trinajstić information content (AvgIpc) is 2.50. The third-order valence-electron chi connectivity index (χ3n) is 4.47. The van der Waals surface area contributed by atoms with Crippen LogP contribution in [0.2, 0.25) is 0 Å². The van der Waals surface area contributed by atoms with E-state index >= 15 is 0 Å². The molecule has 0 bridgehead atoms. The van der Waals surface area contributed by atoms with E-state index in [2.05, 4.69) is 20.6 Å². The molecule has 2 heterocycles. The van der Waals surface area contributed by atoms with Gasteiger partial charge in [-0.3, -0.25) is 4.79 Å². The molecule has 1 saturated heterocycles. The van der Waals surface area contributed by atoms with Crippen LogP contribution < -0.4 is 10.6 Å². The highest BCUT2D eigenvalue weighted by atomic mass is 35.5. The number of hydrogen-bond donors (Lipinski definition) is 2. The fourth-order valence-electron chi connectivity index (χ4n) is 2.96. The number of halogens is 3. The van der Waals surface area contributed by atoms with Crippen molar-refractivity contribution < 1.29 is 9.18 Å². The van der Waals surface area contributed by atoms with Gasteiger partial charge in [0.05, 0.1) is 22.5 Å². The highest BCUT2D eigenvalue weighted by Crippen LogP contribution is 2.20. The molecule has 0 spiro atoms. The molecule has 1 aliphatic rings. The van der Waals surface area contributed by atoms with Crippen LogP contribution in [0.1, 0.15) is 41.5 Å². The molecule has 0 aliphatic carbocycles. The summed E-state index contributed by atoms with van der Waals surface area (Å²) >= 11 is 0. The summed E-state index contributed by atoms with van der Waals surface area (Å²) in [6, 6.07) is 2.79. The Morgan fingerprint density at radius 3 is 2.60 bits per heavy atom. The van der Waals surface area contributed by atoms with Crippen molar-refractivity contribution in [1.82, 2.24) is 20.6 Å². The number of carbonyl (C=O) groups excluding carboxylic acids is 1. The number of rotatable bonds is 2. The Hall–Kier alpha value is -1.50. The molecule has 8 heteroatoms. The minimum absolute atomic E-state index is 0. The Morgan fingerprint density at radius 2 is 1.92 bits per heavy atom. The van der Waals surface area contributed by atoms with E-state index in [-0.39, 0.29) is 48.4 Å². The number of hydrogen-bond acceptors (Lipinski definition) is 4. The largest absolute Gasteiger partial charge is 0.348 e. The van der Waals surface area contributed by atoms with Gasteiger partial charge in [0.2, 0.25) is 0 Å². The first-order valence-corrected chi connectivity index (χ1v) is 7.94. The van der Waals surface area contributed by atoms with Gasteiger partial charge < -0.3 is 10.6 Å². The third-order valence-corrected chi connectivity index (χ3v) is 4.47. The maximum absolute atomic E-state index is 13.9. The Bertz CT molecular complexity index is 772. The number of fused-ring (bicyclic) bond motifs is 1. The minimum Gasteiger partial charge on any atom is -0.348 e. The summed E-state index contributed by atoms with van der Waals surface area (Å²) in [7, 11) is 0. The highest BCUT2D eigenvalue weighted by molar-refractivity contribution is 6.04. The molecule has 1 amide bonds. The van der Waals surface area contributed by atoms with E-state index in [9.17, 15) is 9.18 Å². The Morgan fingerprint density at radius 1 is 1.24 bits per heavy atom. The van der Waals surface area contributed by atoms with Crippen LogP contribution >= 0.6 is 24.8 Å². The van der Waals surface area contributed by atoms with E-state index in [0.717, 1.165) is 30.8 Å². The molecule has 25 heavy (non-hydrogen) atoms. The maximum Gasteiger partial charge on any atom is 0.253 e. The first-order valence-electron chi connectivity index (χ1n) is 7.94. The zero-order chi connectivity index (χ0) is 16.6. The van der Waals surface area contributed by atoms with Gasteiger partial charge in [-0.2, -0.15) is 0 Å². The number of aromatic nitrogens is 2. The number of nitrogens with zero attached hydrogens (tertiary/aromatic N) is 2. The van der Waals surface area contributed by atoms with E-state index in [1.165, 1.54) is 12.1 Å². The van der Waals surface area contributed by atoms with Crippen molar-refractivity contribution in [2.75, 3.05) is 6.54 Å². The first-order chi connectivity index (χ1) is 11.0. The second-order valence-corrected chi connectivity index (χ2v) is 6.18. The molecule has 1 aromatic carbocycles. The molecule has 2 unspecified atom stereocenters. The SMILES string of the molecule is Cc1nc2cc(F)cc(C(=O)NC3CCCNC3C)c2nc1C.Cl.Cl. The number of benzene rings is 1. The quantitative estimate of drug-likeness (QED) is 0.829. The zero-order valence-corrected chi connectivity index (χ0v) is 16.1. The minimum atomic E-state index is -0.477. The van der Waals surface area contributed by atoms with E-state index < -0.39 is 5.82 Å². The van der Waals surface area contributed by atoms with Gasteiger partial charge in [0.25, 0.3) is 5.91 Å². The van der Waals surface area contributed by atoms with Gasteiger partial charge >= 0.3 is 0 Å². The van der Waals surface area contributed by atoms with Gasteiger partial charge in [-0.25, -0.2) is 14.4 Å². The molecule has 1 aromatic heterocycles. The monoisotopic (exact) mass is 388 g/mol. The highest BCUT2D eigenvalue weighted by Gasteiger charge is 2.24. The lowest BCUT2D eigenvalue weighted by Gasteiger charge is -2.30. The van der Waals surface area contributed by atoms with Gasteiger partial charge in [0.15, 0.2) is 0 Å². The van der Waals surface area contributed by atoms with Crippen molar-refractivity contribution in [3.8, 4) is 0 Å². The summed E-state index contributed by atoms with van der Waals surface area (Å²) in [5, 5.41) is 6.34. The van der Waals surface area contributed by atoms with Crippen LogP contribution in [0.5, 0.6) is 0 Å². The fraction of sp³-hybridized carbons (Fsp3) is 0.471. The summed E-state index contributed by atoms with van der Waals surface area (Å²) < 4.78 is 13.9. The molecule has 2 atom stereocenters. The fourth-order valence-corrected chi connectivity index (χ4v) is 2.96. The number of carbonyl (C=O) groups is 1. The summed E-state index contributed by atoms with van der Waals surface area (Å²) in [6.07, 6.45) is 1.92. The molecule has 1 aliphatic heterocycles. The number of amides is 1. The molecule has 1 fully saturated rings. The van der Waals surface area contributed by atoms with Gasteiger partial charge in [0, 0.05) is 18.2 Å². The number of piperidine rings is 1. The molecule has 5 nitrogen and oxygen atoms in total. The lowest BCUT2D eigenvalue weighted by atomic mass is 9.99. The van der Waals surface area contributed by atoms with Crippen LogP contribution in [0.3, 0.4) is 0 Å². The summed E-state index contributed by atoms with van der Waals surface area (Å²) in [6.45, 7) is 6.66. The van der Waals surface area contributed by atoms with Crippen molar-refractivity contribution in [1.29, 1.82) is 0 Å². The molecule has 3 rings (SSSR count). The zero-order valence-electron chi connectivity index (χ0n) is 14.4.